The summed E-state index contributed by atoms with van der Waals surface area (Å²) in [5.74, 6) is 0. The average Bonchev–Trinajstić information content (AvgIpc) is 2.35. The Morgan fingerprint density at radius 2 is 2.23 bits per heavy atom. The highest BCUT2D eigenvalue weighted by atomic mass is 16.6. The first-order chi connectivity index (χ1) is 6.15. The molecular weight excluding hydrogens is 167 g/mol. The molecule has 0 spiro atoms. The molecule has 4 heteroatoms. The van der Waals surface area contributed by atoms with Crippen LogP contribution in [-0.4, -0.2) is 45.4 Å². The first-order valence-corrected chi connectivity index (χ1v) is 4.79. The molecule has 13 heavy (non-hydrogen) atoms. The van der Waals surface area contributed by atoms with Crippen molar-refractivity contribution in [3.8, 4) is 0 Å². The summed E-state index contributed by atoms with van der Waals surface area (Å²) >= 11 is 0. The number of rotatable bonds is 4. The molecular formula is C9H17BO3. The predicted octanol–water partition coefficient (Wildman–Crippen LogP) is 0.710. The molecule has 0 N–H and O–H groups in total. The lowest BCUT2D eigenvalue weighted by Crippen LogP contribution is -2.36. The molecule has 0 aromatic heterocycles. The second kappa shape index (κ2) is 4.98. The third-order valence-corrected chi connectivity index (χ3v) is 1.95. The molecule has 1 aliphatic rings. The molecule has 74 valence electrons. The fraction of sp³-hybridized carbons (Fsp3) is 1.00. The van der Waals surface area contributed by atoms with Crippen molar-refractivity contribution in [1.29, 1.82) is 0 Å². The van der Waals surface area contributed by atoms with Crippen LogP contribution in [-0.2, 0) is 14.2 Å². The molecule has 1 saturated heterocycles. The molecule has 0 aromatic rings. The summed E-state index contributed by atoms with van der Waals surface area (Å²) in [6.07, 6.45) is 0.0456. The zero-order valence-corrected chi connectivity index (χ0v) is 8.53. The zero-order valence-electron chi connectivity index (χ0n) is 8.53. The lowest BCUT2D eigenvalue weighted by molar-refractivity contribution is -0.0684. The Morgan fingerprint density at radius 3 is 2.77 bits per heavy atom. The van der Waals surface area contributed by atoms with Gasteiger partial charge in [-0.15, -0.1) is 0 Å². The molecule has 3 nitrogen and oxygen atoms in total. The van der Waals surface area contributed by atoms with Crippen molar-refractivity contribution in [2.75, 3.05) is 13.2 Å². The number of hydrogen-bond donors (Lipinski definition) is 0. The van der Waals surface area contributed by atoms with Crippen LogP contribution >= 0.6 is 0 Å². The average molecular weight is 184 g/mol. The van der Waals surface area contributed by atoms with Crippen LogP contribution in [0, 0.1) is 0 Å². The van der Waals surface area contributed by atoms with E-state index in [1.165, 1.54) is 0 Å². The van der Waals surface area contributed by atoms with Crippen molar-refractivity contribution in [3.63, 3.8) is 0 Å². The zero-order chi connectivity index (χ0) is 9.84. The van der Waals surface area contributed by atoms with Gasteiger partial charge in [-0.05, 0) is 20.8 Å². The molecule has 1 heterocycles. The van der Waals surface area contributed by atoms with Gasteiger partial charge in [-0.25, -0.2) is 0 Å². The van der Waals surface area contributed by atoms with Crippen molar-refractivity contribution in [3.05, 3.63) is 0 Å². The minimum atomic E-state index is -0.344. The summed E-state index contributed by atoms with van der Waals surface area (Å²) in [5.41, 5.74) is 0. The molecule has 0 amide bonds. The van der Waals surface area contributed by atoms with Crippen LogP contribution in [0.3, 0.4) is 0 Å². The molecule has 0 bridgehead atoms. The fourth-order valence-electron chi connectivity index (χ4n) is 1.47. The van der Waals surface area contributed by atoms with E-state index in [9.17, 15) is 0 Å². The molecule has 2 unspecified atom stereocenters. The van der Waals surface area contributed by atoms with E-state index in [1.54, 1.807) is 0 Å². The van der Waals surface area contributed by atoms with Crippen LogP contribution in [0.15, 0.2) is 0 Å². The minimum absolute atomic E-state index is 0.0186. The Balaban J connectivity index is 2.43. The van der Waals surface area contributed by atoms with Gasteiger partial charge in [0.1, 0.15) is 20.1 Å². The van der Waals surface area contributed by atoms with E-state index < -0.39 is 0 Å². The molecule has 2 radical (unpaired) electrons. The lowest BCUT2D eigenvalue weighted by Gasteiger charge is -2.22. The van der Waals surface area contributed by atoms with Crippen LogP contribution in [0.25, 0.3) is 0 Å². The first-order valence-electron chi connectivity index (χ1n) is 4.79. The molecule has 0 aromatic carbocycles. The van der Waals surface area contributed by atoms with Gasteiger partial charge in [0, 0.05) is 12.6 Å². The van der Waals surface area contributed by atoms with E-state index >= 15 is 0 Å². The Kier molecular flexibility index (Phi) is 4.23. The smallest absolute Gasteiger partial charge is 0.112 e. The molecule has 1 aliphatic heterocycles. The van der Waals surface area contributed by atoms with Gasteiger partial charge in [0.15, 0.2) is 0 Å². The summed E-state index contributed by atoms with van der Waals surface area (Å²) in [4.78, 5) is 0. The van der Waals surface area contributed by atoms with Gasteiger partial charge in [-0.3, -0.25) is 0 Å². The van der Waals surface area contributed by atoms with Crippen LogP contribution in [0.4, 0.5) is 0 Å². The van der Waals surface area contributed by atoms with E-state index in [2.05, 4.69) is 0 Å². The quantitative estimate of drug-likeness (QED) is 0.602. The van der Waals surface area contributed by atoms with Crippen molar-refractivity contribution in [2.45, 2.75) is 45.1 Å². The van der Waals surface area contributed by atoms with Gasteiger partial charge < -0.3 is 14.2 Å². The Hall–Kier alpha value is -0.0551. The lowest BCUT2D eigenvalue weighted by atomic mass is 9.93. The Labute approximate surface area is 81.1 Å². The molecule has 0 aliphatic carbocycles. The van der Waals surface area contributed by atoms with Gasteiger partial charge >= 0.3 is 0 Å². The van der Waals surface area contributed by atoms with Crippen molar-refractivity contribution in [1.82, 2.24) is 0 Å². The molecule has 3 atom stereocenters. The summed E-state index contributed by atoms with van der Waals surface area (Å²) < 4.78 is 16.3. The third kappa shape index (κ3) is 2.97. The van der Waals surface area contributed by atoms with Crippen LogP contribution in [0.5, 0.6) is 0 Å². The largest absolute Gasteiger partial charge is 0.382 e. The Morgan fingerprint density at radius 1 is 1.54 bits per heavy atom. The maximum absolute atomic E-state index is 5.70. The van der Waals surface area contributed by atoms with Crippen molar-refractivity contribution < 1.29 is 14.2 Å². The standard InChI is InChI=1S/C9H17BO3/c1-4-11-8-7(13-6(2)3)5-12-9(8)10/h6-9H,4-5H2,1-3H3/t7?,8?,9-/m1/s1. The molecule has 1 fully saturated rings. The van der Waals surface area contributed by atoms with Crippen molar-refractivity contribution in [2.24, 2.45) is 0 Å². The van der Waals surface area contributed by atoms with Gasteiger partial charge in [-0.2, -0.15) is 0 Å². The first kappa shape index (κ1) is 11.0. The van der Waals surface area contributed by atoms with E-state index in [-0.39, 0.29) is 24.3 Å². The topological polar surface area (TPSA) is 27.7 Å². The number of ether oxygens (including phenoxy) is 3. The fourth-order valence-corrected chi connectivity index (χ4v) is 1.47. The van der Waals surface area contributed by atoms with E-state index in [0.29, 0.717) is 13.2 Å². The normalized spacial score (nSPS) is 34.3. The summed E-state index contributed by atoms with van der Waals surface area (Å²) in [5, 5.41) is 0. The highest BCUT2D eigenvalue weighted by Crippen LogP contribution is 2.19. The highest BCUT2D eigenvalue weighted by molar-refractivity contribution is 6.11. The predicted molar refractivity (Wildman–Crippen MR) is 50.9 cm³/mol. The monoisotopic (exact) mass is 184 g/mol. The van der Waals surface area contributed by atoms with Crippen LogP contribution in [0.2, 0.25) is 0 Å². The highest BCUT2D eigenvalue weighted by Gasteiger charge is 2.35. The summed E-state index contributed by atoms with van der Waals surface area (Å²) in [6, 6.07) is -0.344. The SMILES string of the molecule is [B][C@@H]1OCC(OC(C)C)C1OCC. The van der Waals surface area contributed by atoms with Gasteiger partial charge in [0.05, 0.1) is 12.7 Å². The van der Waals surface area contributed by atoms with E-state index in [1.807, 2.05) is 20.8 Å². The maximum Gasteiger partial charge on any atom is 0.112 e. The van der Waals surface area contributed by atoms with Crippen molar-refractivity contribution >= 4 is 7.85 Å². The van der Waals surface area contributed by atoms with Gasteiger partial charge in [0.25, 0.3) is 0 Å². The second-order valence-corrected chi connectivity index (χ2v) is 3.44. The summed E-state index contributed by atoms with van der Waals surface area (Å²) in [6.45, 7) is 7.10. The van der Waals surface area contributed by atoms with E-state index in [4.69, 9.17) is 22.1 Å². The second-order valence-electron chi connectivity index (χ2n) is 3.44. The Bertz CT molecular complexity index is 152. The minimum Gasteiger partial charge on any atom is -0.382 e. The summed E-state index contributed by atoms with van der Waals surface area (Å²) in [7, 11) is 5.70. The van der Waals surface area contributed by atoms with Crippen LogP contribution < -0.4 is 0 Å². The molecule has 1 rings (SSSR count). The number of hydrogen-bond acceptors (Lipinski definition) is 3. The maximum atomic E-state index is 5.70. The van der Waals surface area contributed by atoms with E-state index in [0.717, 1.165) is 0 Å². The van der Waals surface area contributed by atoms with Crippen LogP contribution in [0.1, 0.15) is 20.8 Å². The molecule has 0 saturated carbocycles. The third-order valence-electron chi connectivity index (χ3n) is 1.95. The van der Waals surface area contributed by atoms with Gasteiger partial charge in [-0.1, -0.05) is 0 Å². The van der Waals surface area contributed by atoms with Gasteiger partial charge in [0.2, 0.25) is 0 Å².